The zero-order valence-electron chi connectivity index (χ0n) is 12.9. The Morgan fingerprint density at radius 1 is 1.30 bits per heavy atom. The summed E-state index contributed by atoms with van der Waals surface area (Å²) >= 11 is 0. The van der Waals surface area contributed by atoms with Gasteiger partial charge in [0.05, 0.1) is 24.8 Å². The molecule has 1 N–H and O–H groups in total. The number of anilines is 1. The van der Waals surface area contributed by atoms with Crippen molar-refractivity contribution in [1.82, 2.24) is 19.9 Å². The van der Waals surface area contributed by atoms with Gasteiger partial charge in [-0.15, -0.1) is 0 Å². The van der Waals surface area contributed by atoms with Crippen molar-refractivity contribution in [2.24, 2.45) is 0 Å². The van der Waals surface area contributed by atoms with E-state index in [1.165, 1.54) is 6.33 Å². The van der Waals surface area contributed by atoms with Crippen LogP contribution in [0.4, 0.5) is 5.69 Å². The van der Waals surface area contributed by atoms with Gasteiger partial charge >= 0.3 is 0 Å². The Morgan fingerprint density at radius 3 is 2.91 bits per heavy atom. The molecule has 0 amide bonds. The fourth-order valence-electron chi connectivity index (χ4n) is 3.89. The average molecular weight is 313 g/mol. The van der Waals surface area contributed by atoms with Crippen molar-refractivity contribution in [2.45, 2.75) is 24.4 Å². The van der Waals surface area contributed by atoms with Crippen molar-refractivity contribution < 1.29 is 4.74 Å². The van der Waals surface area contributed by atoms with Crippen LogP contribution in [-0.2, 0) is 4.74 Å². The molecule has 7 heteroatoms. The second-order valence-corrected chi connectivity index (χ2v) is 6.83. The van der Waals surface area contributed by atoms with E-state index >= 15 is 0 Å². The maximum atomic E-state index is 12.5. The number of H-pyrrole nitrogens is 1. The highest BCUT2D eigenvalue weighted by Crippen LogP contribution is 2.47. The van der Waals surface area contributed by atoms with Crippen LogP contribution >= 0.6 is 0 Å². The molecule has 5 rings (SSSR count). The number of aromatic amines is 1. The highest BCUT2D eigenvalue weighted by atomic mass is 16.5. The van der Waals surface area contributed by atoms with Crippen molar-refractivity contribution in [1.29, 1.82) is 0 Å². The summed E-state index contributed by atoms with van der Waals surface area (Å²) in [5.41, 5.74) is 1.52. The van der Waals surface area contributed by atoms with Crippen molar-refractivity contribution in [3.8, 4) is 0 Å². The number of fused-ring (bicyclic) bond motifs is 1. The van der Waals surface area contributed by atoms with Crippen LogP contribution in [0.2, 0.25) is 0 Å². The summed E-state index contributed by atoms with van der Waals surface area (Å²) in [6.45, 7) is 4.54. The molecule has 7 nitrogen and oxygen atoms in total. The number of hydrogen-bond donors (Lipinski definition) is 1. The van der Waals surface area contributed by atoms with Gasteiger partial charge in [-0.2, -0.15) is 0 Å². The molecule has 0 aromatic carbocycles. The molecule has 2 saturated heterocycles. The second-order valence-electron chi connectivity index (χ2n) is 6.83. The summed E-state index contributed by atoms with van der Waals surface area (Å²) in [7, 11) is 0. The zero-order chi connectivity index (χ0) is 15.4. The molecule has 3 fully saturated rings. The zero-order valence-corrected chi connectivity index (χ0v) is 12.9. The van der Waals surface area contributed by atoms with Crippen molar-refractivity contribution in [3.63, 3.8) is 0 Å². The van der Waals surface area contributed by atoms with Crippen molar-refractivity contribution in [2.75, 3.05) is 37.7 Å². The molecule has 2 aromatic rings. The first kappa shape index (κ1) is 13.4. The molecule has 4 heterocycles. The van der Waals surface area contributed by atoms with Gasteiger partial charge in [-0.3, -0.25) is 9.69 Å². The van der Waals surface area contributed by atoms with E-state index in [1.807, 2.05) is 0 Å². The Hall–Kier alpha value is -1.99. The smallest absolute Gasteiger partial charge is 0.273 e. The van der Waals surface area contributed by atoms with E-state index in [2.05, 4.69) is 24.8 Å². The first-order chi connectivity index (χ1) is 11.3. The highest BCUT2D eigenvalue weighted by Gasteiger charge is 2.53. The molecule has 3 aliphatic rings. The molecule has 0 radical (unpaired) electrons. The minimum Gasteiger partial charge on any atom is -0.378 e. The summed E-state index contributed by atoms with van der Waals surface area (Å²) in [5, 5.41) is 0.882. The number of nitrogens with one attached hydrogen (secondary N) is 1. The molecule has 2 aliphatic heterocycles. The van der Waals surface area contributed by atoms with Gasteiger partial charge in [-0.05, 0) is 12.8 Å². The van der Waals surface area contributed by atoms with Gasteiger partial charge in [0.2, 0.25) is 0 Å². The Balaban J connectivity index is 1.55. The van der Waals surface area contributed by atoms with Crippen LogP contribution < -0.4 is 10.5 Å². The number of ether oxygens (including phenoxy) is 1. The van der Waals surface area contributed by atoms with E-state index in [0.717, 1.165) is 56.6 Å². The predicted molar refractivity (Wildman–Crippen MR) is 85.6 cm³/mol. The van der Waals surface area contributed by atoms with Gasteiger partial charge in [0, 0.05) is 37.4 Å². The standard InChI is InChI=1S/C16H19N5O2/c22-15-14(13-11(6-18-15)5-17-10-19-13)21-4-3-20(12-7-23-8-12)9-16(21)1-2-16/h5-6,10,12H,1-4,7-9H2,(H,18,22). The minimum atomic E-state index is -0.0529. The van der Waals surface area contributed by atoms with Gasteiger partial charge in [-0.25, -0.2) is 9.97 Å². The second kappa shape index (κ2) is 4.75. The third kappa shape index (κ3) is 2.00. The number of hydrogen-bond acceptors (Lipinski definition) is 6. The lowest BCUT2D eigenvalue weighted by Crippen LogP contribution is -2.62. The summed E-state index contributed by atoms with van der Waals surface area (Å²) in [4.78, 5) is 28.7. The number of rotatable bonds is 2. The van der Waals surface area contributed by atoms with Crippen molar-refractivity contribution >= 4 is 16.6 Å². The maximum absolute atomic E-state index is 12.5. The summed E-state index contributed by atoms with van der Waals surface area (Å²) in [5.74, 6) is 0. The lowest BCUT2D eigenvalue weighted by atomic mass is 10.1. The van der Waals surface area contributed by atoms with Gasteiger partial charge in [-0.1, -0.05) is 0 Å². The fourth-order valence-corrected chi connectivity index (χ4v) is 3.89. The summed E-state index contributed by atoms with van der Waals surface area (Å²) in [6, 6.07) is 0.558. The largest absolute Gasteiger partial charge is 0.378 e. The van der Waals surface area contributed by atoms with Crippen LogP contribution in [0.1, 0.15) is 12.8 Å². The monoisotopic (exact) mass is 313 g/mol. The predicted octanol–water partition coefficient (Wildman–Crippen LogP) is 0.372. The third-order valence-electron chi connectivity index (χ3n) is 5.45. The summed E-state index contributed by atoms with van der Waals surface area (Å²) in [6.07, 6.45) is 7.24. The lowest BCUT2D eigenvalue weighted by molar-refractivity contribution is -0.0709. The Bertz CT molecular complexity index is 811. The van der Waals surface area contributed by atoms with E-state index in [9.17, 15) is 4.79 Å². The highest BCUT2D eigenvalue weighted by molar-refractivity contribution is 5.89. The normalized spacial score (nSPS) is 24.1. The molecular formula is C16H19N5O2. The third-order valence-corrected chi connectivity index (χ3v) is 5.45. The first-order valence-corrected chi connectivity index (χ1v) is 8.18. The number of pyridine rings is 1. The first-order valence-electron chi connectivity index (χ1n) is 8.18. The van der Waals surface area contributed by atoms with E-state index < -0.39 is 0 Å². The van der Waals surface area contributed by atoms with Crippen molar-refractivity contribution in [3.05, 3.63) is 29.1 Å². The van der Waals surface area contributed by atoms with Crippen LogP contribution in [0.25, 0.3) is 10.9 Å². The molecule has 0 atom stereocenters. The molecule has 0 unspecified atom stereocenters. The molecule has 1 saturated carbocycles. The van der Waals surface area contributed by atoms with Gasteiger partial charge < -0.3 is 14.6 Å². The lowest BCUT2D eigenvalue weighted by Gasteiger charge is -2.48. The van der Waals surface area contributed by atoms with E-state index in [4.69, 9.17) is 4.74 Å². The van der Waals surface area contributed by atoms with E-state index in [1.54, 1.807) is 12.4 Å². The van der Waals surface area contributed by atoms with E-state index in [0.29, 0.717) is 11.7 Å². The molecular weight excluding hydrogens is 294 g/mol. The molecule has 1 spiro atoms. The van der Waals surface area contributed by atoms with Crippen LogP contribution in [0, 0.1) is 0 Å². The van der Waals surface area contributed by atoms with Gasteiger partial charge in [0.25, 0.3) is 5.56 Å². The van der Waals surface area contributed by atoms with Crippen LogP contribution in [0.3, 0.4) is 0 Å². The molecule has 23 heavy (non-hydrogen) atoms. The number of nitrogens with zero attached hydrogens (tertiary/aromatic N) is 4. The minimum absolute atomic E-state index is 0.0529. The van der Waals surface area contributed by atoms with Gasteiger partial charge in [0.1, 0.15) is 17.5 Å². The Morgan fingerprint density at radius 2 is 2.17 bits per heavy atom. The van der Waals surface area contributed by atoms with E-state index in [-0.39, 0.29) is 11.1 Å². The molecule has 2 aromatic heterocycles. The quantitative estimate of drug-likeness (QED) is 0.863. The molecule has 0 bridgehead atoms. The van der Waals surface area contributed by atoms with Gasteiger partial charge in [0.15, 0.2) is 0 Å². The average Bonchev–Trinajstić information content (AvgIpc) is 3.27. The Kier molecular flexibility index (Phi) is 2.78. The maximum Gasteiger partial charge on any atom is 0.273 e. The summed E-state index contributed by atoms with van der Waals surface area (Å²) < 4.78 is 5.34. The molecule has 120 valence electrons. The molecule has 1 aliphatic carbocycles. The van der Waals surface area contributed by atoms with Crippen LogP contribution in [0.5, 0.6) is 0 Å². The van der Waals surface area contributed by atoms with Crippen LogP contribution in [0.15, 0.2) is 23.5 Å². The number of piperazine rings is 1. The number of aromatic nitrogens is 3. The van der Waals surface area contributed by atoms with Crippen LogP contribution in [-0.4, -0.2) is 64.3 Å². The Labute approximate surface area is 133 Å². The topological polar surface area (TPSA) is 74.4 Å². The SMILES string of the molecule is O=c1[nH]cc2cncnc2c1N1CCN(C2COC2)CC12CC2. The fraction of sp³-hybridized carbons (Fsp3) is 0.562.